The Morgan fingerprint density at radius 3 is 2.52 bits per heavy atom. The molecule has 0 bridgehead atoms. The number of para-hydroxylation sites is 1. The first-order valence-electron chi connectivity index (χ1n) is 8.91. The third-order valence-corrected chi connectivity index (χ3v) is 6.57. The van der Waals surface area contributed by atoms with Crippen LogP contribution in [0.3, 0.4) is 0 Å². The number of quaternary nitrogens is 1. The molecule has 0 spiro atoms. The van der Waals surface area contributed by atoms with Crippen LogP contribution in [0.4, 0.5) is 8.78 Å². The predicted molar refractivity (Wildman–Crippen MR) is 97.1 cm³/mol. The first-order chi connectivity index (χ1) is 12.9. The number of nitrogens with zero attached hydrogens (tertiary/aromatic N) is 1. The van der Waals surface area contributed by atoms with Gasteiger partial charge in [-0.3, -0.25) is 0 Å². The van der Waals surface area contributed by atoms with E-state index in [2.05, 4.69) is 0 Å². The molecule has 1 N–H and O–H groups in total. The molecule has 0 amide bonds. The van der Waals surface area contributed by atoms with Gasteiger partial charge in [-0.15, -0.1) is 0 Å². The van der Waals surface area contributed by atoms with Crippen molar-refractivity contribution in [2.24, 2.45) is 0 Å². The molecule has 0 radical (unpaired) electrons. The zero-order valence-corrected chi connectivity index (χ0v) is 15.9. The number of benzene rings is 2. The lowest BCUT2D eigenvalue weighted by atomic mass is 10.2. The maximum absolute atomic E-state index is 13.9. The standard InChI is InChI=1S/C19H22F2N2O3S/c1-2-26-18-6-4-3-5-15(18)14-22-9-11-23(12-10-22)27(24,25)19-13-16(20)7-8-17(19)21/h3-8,13H,2,9-12,14H2,1H3/p+1. The first kappa shape index (κ1) is 19.7. The number of ether oxygens (including phenoxy) is 1. The summed E-state index contributed by atoms with van der Waals surface area (Å²) in [7, 11) is -4.05. The molecular weight excluding hydrogens is 374 g/mol. The van der Waals surface area contributed by atoms with E-state index >= 15 is 0 Å². The van der Waals surface area contributed by atoms with Crippen molar-refractivity contribution in [3.63, 3.8) is 0 Å². The molecule has 2 aromatic rings. The predicted octanol–water partition coefficient (Wildman–Crippen LogP) is 1.45. The summed E-state index contributed by atoms with van der Waals surface area (Å²) >= 11 is 0. The number of hydrogen-bond acceptors (Lipinski definition) is 3. The minimum Gasteiger partial charge on any atom is -0.493 e. The van der Waals surface area contributed by atoms with Gasteiger partial charge < -0.3 is 9.64 Å². The van der Waals surface area contributed by atoms with Crippen molar-refractivity contribution in [1.82, 2.24) is 4.31 Å². The molecular formula is C19H23F2N2O3S+. The molecule has 2 aromatic carbocycles. The zero-order valence-electron chi connectivity index (χ0n) is 15.1. The number of rotatable bonds is 6. The van der Waals surface area contributed by atoms with E-state index < -0.39 is 26.6 Å². The van der Waals surface area contributed by atoms with Crippen LogP contribution in [0.1, 0.15) is 12.5 Å². The van der Waals surface area contributed by atoms with Gasteiger partial charge in [-0.25, -0.2) is 17.2 Å². The van der Waals surface area contributed by atoms with Crippen molar-refractivity contribution in [1.29, 1.82) is 0 Å². The SMILES string of the molecule is CCOc1ccccc1C[NH+]1CCN(S(=O)(=O)c2cc(F)ccc2F)CC1. The largest absolute Gasteiger partial charge is 0.493 e. The van der Waals surface area contributed by atoms with E-state index in [1.165, 1.54) is 9.21 Å². The van der Waals surface area contributed by atoms with E-state index in [1.807, 2.05) is 31.2 Å². The van der Waals surface area contributed by atoms with E-state index in [0.717, 1.165) is 36.1 Å². The van der Waals surface area contributed by atoms with Gasteiger partial charge in [0.05, 0.1) is 32.8 Å². The minimum absolute atomic E-state index is 0.254. The van der Waals surface area contributed by atoms with Crippen LogP contribution in [0.5, 0.6) is 5.75 Å². The Morgan fingerprint density at radius 1 is 1.11 bits per heavy atom. The fourth-order valence-electron chi connectivity index (χ4n) is 3.25. The summed E-state index contributed by atoms with van der Waals surface area (Å²) in [6, 6.07) is 10.3. The molecule has 0 atom stereocenters. The van der Waals surface area contributed by atoms with Gasteiger partial charge >= 0.3 is 0 Å². The summed E-state index contributed by atoms with van der Waals surface area (Å²) in [5.41, 5.74) is 1.07. The molecule has 1 aliphatic heterocycles. The van der Waals surface area contributed by atoms with Crippen LogP contribution in [0, 0.1) is 11.6 Å². The monoisotopic (exact) mass is 397 g/mol. The molecule has 1 fully saturated rings. The van der Waals surface area contributed by atoms with Gasteiger partial charge in [-0.05, 0) is 37.3 Å². The molecule has 8 heteroatoms. The van der Waals surface area contributed by atoms with Crippen molar-refractivity contribution in [2.45, 2.75) is 18.4 Å². The average Bonchev–Trinajstić information content (AvgIpc) is 2.66. The molecule has 5 nitrogen and oxygen atoms in total. The van der Waals surface area contributed by atoms with Crippen molar-refractivity contribution >= 4 is 10.0 Å². The second kappa shape index (κ2) is 8.33. The van der Waals surface area contributed by atoms with Crippen molar-refractivity contribution in [3.05, 3.63) is 59.7 Å². The molecule has 1 saturated heterocycles. The van der Waals surface area contributed by atoms with Crippen LogP contribution >= 0.6 is 0 Å². The molecule has 0 aliphatic carbocycles. The van der Waals surface area contributed by atoms with Crippen LogP contribution < -0.4 is 9.64 Å². The maximum atomic E-state index is 13.9. The molecule has 3 rings (SSSR count). The third-order valence-electron chi connectivity index (χ3n) is 4.65. The van der Waals surface area contributed by atoms with Crippen LogP contribution in [-0.2, 0) is 16.6 Å². The summed E-state index contributed by atoms with van der Waals surface area (Å²) in [6.45, 7) is 4.90. The Bertz CT molecular complexity index is 898. The summed E-state index contributed by atoms with van der Waals surface area (Å²) in [4.78, 5) is 0.612. The van der Waals surface area contributed by atoms with E-state index in [-0.39, 0.29) is 13.1 Å². The Labute approximate surface area is 158 Å². The van der Waals surface area contributed by atoms with E-state index in [0.29, 0.717) is 19.7 Å². The van der Waals surface area contributed by atoms with Crippen molar-refractivity contribution in [2.75, 3.05) is 32.8 Å². The average molecular weight is 397 g/mol. The van der Waals surface area contributed by atoms with E-state index in [9.17, 15) is 17.2 Å². The van der Waals surface area contributed by atoms with Gasteiger partial charge in [-0.2, -0.15) is 4.31 Å². The number of hydrogen-bond donors (Lipinski definition) is 1. The summed E-state index contributed by atoms with van der Waals surface area (Å²) in [5.74, 6) is -0.868. The summed E-state index contributed by atoms with van der Waals surface area (Å²) < 4.78 is 59.5. The Balaban J connectivity index is 1.68. The number of halogens is 2. The van der Waals surface area contributed by atoms with Crippen molar-refractivity contribution < 1.29 is 26.8 Å². The molecule has 0 unspecified atom stereocenters. The highest BCUT2D eigenvalue weighted by atomic mass is 32.2. The Kier molecular flexibility index (Phi) is 6.08. The topological polar surface area (TPSA) is 51.1 Å². The van der Waals surface area contributed by atoms with Gasteiger partial charge in [0.1, 0.15) is 28.8 Å². The summed E-state index contributed by atoms with van der Waals surface area (Å²) in [6.07, 6.45) is 0. The fourth-order valence-corrected chi connectivity index (χ4v) is 4.77. The highest BCUT2D eigenvalue weighted by molar-refractivity contribution is 7.89. The lowest BCUT2D eigenvalue weighted by Crippen LogP contribution is -3.13. The minimum atomic E-state index is -4.05. The number of nitrogens with one attached hydrogen (secondary N) is 1. The maximum Gasteiger partial charge on any atom is 0.246 e. The molecule has 1 heterocycles. The van der Waals surface area contributed by atoms with Gasteiger partial charge in [0.2, 0.25) is 10.0 Å². The van der Waals surface area contributed by atoms with Crippen LogP contribution in [0.2, 0.25) is 0 Å². The van der Waals surface area contributed by atoms with E-state index in [1.54, 1.807) is 0 Å². The van der Waals surface area contributed by atoms with Gasteiger partial charge in [0.15, 0.2) is 0 Å². The molecule has 0 aromatic heterocycles. The van der Waals surface area contributed by atoms with Gasteiger partial charge in [0.25, 0.3) is 0 Å². The quantitative estimate of drug-likeness (QED) is 0.803. The molecule has 146 valence electrons. The van der Waals surface area contributed by atoms with Crippen LogP contribution in [-0.4, -0.2) is 45.5 Å². The second-order valence-electron chi connectivity index (χ2n) is 6.45. The van der Waals surface area contributed by atoms with Gasteiger partial charge in [0, 0.05) is 5.56 Å². The Hall–Kier alpha value is -2.03. The van der Waals surface area contributed by atoms with Crippen LogP contribution in [0.25, 0.3) is 0 Å². The molecule has 27 heavy (non-hydrogen) atoms. The van der Waals surface area contributed by atoms with Crippen molar-refractivity contribution in [3.8, 4) is 5.75 Å². The number of piperazine rings is 1. The lowest BCUT2D eigenvalue weighted by molar-refractivity contribution is -0.917. The third kappa shape index (κ3) is 4.45. The fraction of sp³-hybridized carbons (Fsp3) is 0.368. The van der Waals surface area contributed by atoms with Crippen LogP contribution in [0.15, 0.2) is 47.4 Å². The smallest absolute Gasteiger partial charge is 0.246 e. The van der Waals surface area contributed by atoms with E-state index in [4.69, 9.17) is 4.74 Å². The lowest BCUT2D eigenvalue weighted by Gasteiger charge is -2.31. The highest BCUT2D eigenvalue weighted by Crippen LogP contribution is 2.21. The van der Waals surface area contributed by atoms with Gasteiger partial charge in [-0.1, -0.05) is 12.1 Å². The Morgan fingerprint density at radius 2 is 1.81 bits per heavy atom. The first-order valence-corrected chi connectivity index (χ1v) is 10.4. The zero-order chi connectivity index (χ0) is 19.4. The second-order valence-corrected chi connectivity index (χ2v) is 8.35. The molecule has 0 saturated carbocycles. The number of sulfonamides is 1. The molecule has 1 aliphatic rings. The summed E-state index contributed by atoms with van der Waals surface area (Å²) in [5, 5.41) is 0. The highest BCUT2D eigenvalue weighted by Gasteiger charge is 2.32. The normalized spacial score (nSPS) is 16.4.